The number of imide groups is 2. The molecule has 1 fully saturated rings. The molecule has 0 bridgehead atoms. The number of amides is 5. The highest BCUT2D eigenvalue weighted by Gasteiger charge is 2.44. The maximum Gasteiger partial charge on any atom is 0.335 e. The molecule has 0 spiro atoms. The van der Waals surface area contributed by atoms with Gasteiger partial charge < -0.3 is 10.4 Å². The quantitative estimate of drug-likeness (QED) is 0.349. The van der Waals surface area contributed by atoms with Crippen molar-refractivity contribution in [3.05, 3.63) is 12.7 Å². The second-order valence-electron chi connectivity index (χ2n) is 4.01. The van der Waals surface area contributed by atoms with Crippen LogP contribution < -0.4 is 5.32 Å². The van der Waals surface area contributed by atoms with E-state index in [0.29, 0.717) is 9.80 Å². The molecule has 0 aromatic carbocycles. The van der Waals surface area contributed by atoms with Crippen LogP contribution in [0.15, 0.2) is 12.7 Å². The minimum Gasteiger partial charge on any atom is -0.480 e. The molecule has 1 unspecified atom stereocenters. The fourth-order valence-corrected chi connectivity index (χ4v) is 1.47. The Morgan fingerprint density at radius 3 is 2.35 bits per heavy atom. The molecule has 9 heteroatoms. The summed E-state index contributed by atoms with van der Waals surface area (Å²) in [5.74, 6) is -4.29. The van der Waals surface area contributed by atoms with Gasteiger partial charge in [0, 0.05) is 6.54 Å². The van der Waals surface area contributed by atoms with Gasteiger partial charge in [-0.05, 0) is 6.92 Å². The van der Waals surface area contributed by atoms with E-state index in [1.54, 1.807) is 0 Å². The maximum atomic E-state index is 11.7. The van der Waals surface area contributed by atoms with Gasteiger partial charge in [-0.2, -0.15) is 0 Å². The van der Waals surface area contributed by atoms with Crippen molar-refractivity contribution in [3.8, 4) is 0 Å². The Morgan fingerprint density at radius 1 is 1.30 bits per heavy atom. The van der Waals surface area contributed by atoms with Gasteiger partial charge >= 0.3 is 23.8 Å². The zero-order valence-corrected chi connectivity index (χ0v) is 10.7. The molecule has 1 aliphatic rings. The lowest BCUT2D eigenvalue weighted by atomic mass is 10.3. The fourth-order valence-electron chi connectivity index (χ4n) is 1.47. The molecule has 0 aromatic rings. The smallest absolute Gasteiger partial charge is 0.335 e. The number of carboxylic acids is 1. The molecule has 2 N–H and O–H groups in total. The lowest BCUT2D eigenvalue weighted by molar-refractivity contribution is -0.144. The van der Waals surface area contributed by atoms with Crippen LogP contribution in [-0.2, 0) is 19.2 Å². The number of rotatable bonds is 6. The summed E-state index contributed by atoms with van der Waals surface area (Å²) in [5.41, 5.74) is 0. The molecule has 1 rings (SSSR count). The van der Waals surface area contributed by atoms with Crippen molar-refractivity contribution >= 4 is 29.7 Å². The Morgan fingerprint density at radius 2 is 1.85 bits per heavy atom. The van der Waals surface area contributed by atoms with Gasteiger partial charge in [-0.3, -0.25) is 24.1 Å². The highest BCUT2D eigenvalue weighted by molar-refractivity contribution is 6.45. The number of carbonyl (C=O) groups is 5. The van der Waals surface area contributed by atoms with E-state index in [1.807, 2.05) is 0 Å². The van der Waals surface area contributed by atoms with E-state index in [0.717, 1.165) is 0 Å². The summed E-state index contributed by atoms with van der Waals surface area (Å²) in [6.07, 6.45) is 1.26. The highest BCUT2D eigenvalue weighted by atomic mass is 16.4. The number of hydrogen-bond acceptors (Lipinski definition) is 5. The van der Waals surface area contributed by atoms with Gasteiger partial charge in [-0.1, -0.05) is 6.08 Å². The van der Waals surface area contributed by atoms with Crippen LogP contribution in [0.2, 0.25) is 0 Å². The molecule has 20 heavy (non-hydrogen) atoms. The van der Waals surface area contributed by atoms with Crippen LogP contribution in [0.4, 0.5) is 4.79 Å². The molecule has 1 aliphatic heterocycles. The summed E-state index contributed by atoms with van der Waals surface area (Å²) in [6.45, 7) is 3.71. The first-order chi connectivity index (χ1) is 9.29. The number of carboxylic acid groups (broad SMARTS) is 1. The summed E-state index contributed by atoms with van der Waals surface area (Å²) in [4.78, 5) is 57.9. The zero-order valence-electron chi connectivity index (χ0n) is 10.7. The van der Waals surface area contributed by atoms with Crippen LogP contribution >= 0.6 is 0 Å². The topological polar surface area (TPSA) is 124 Å². The largest absolute Gasteiger partial charge is 0.480 e. The first-order valence-electron chi connectivity index (χ1n) is 5.60. The molecule has 0 saturated carbocycles. The molecular weight excluding hydrogens is 270 g/mol. The fraction of sp³-hybridized carbons (Fsp3) is 0.364. The Labute approximate surface area is 113 Å². The molecule has 0 radical (unpaired) electrons. The van der Waals surface area contributed by atoms with Gasteiger partial charge in [-0.25, -0.2) is 9.69 Å². The molecule has 1 heterocycles. The van der Waals surface area contributed by atoms with Crippen molar-refractivity contribution < 1.29 is 29.1 Å². The number of nitrogens with zero attached hydrogens (tertiary/aromatic N) is 2. The second kappa shape index (κ2) is 5.95. The third-order valence-electron chi connectivity index (χ3n) is 2.50. The molecule has 108 valence electrons. The summed E-state index contributed by atoms with van der Waals surface area (Å²) in [5, 5.41) is 10.7. The lowest BCUT2D eigenvalue weighted by Gasteiger charge is -2.15. The second-order valence-corrected chi connectivity index (χ2v) is 4.01. The summed E-state index contributed by atoms with van der Waals surface area (Å²) < 4.78 is 0. The Balaban J connectivity index is 2.73. The van der Waals surface area contributed by atoms with Gasteiger partial charge in [0.05, 0.1) is 0 Å². The summed E-state index contributed by atoms with van der Waals surface area (Å²) in [6, 6.07) is -2.10. The minimum absolute atomic E-state index is 0.146. The van der Waals surface area contributed by atoms with Crippen LogP contribution in [0.1, 0.15) is 6.92 Å². The Bertz CT molecular complexity index is 500. The SMILES string of the molecule is C=CCN1C(=O)C(=O)N(CC(=O)NC(C)C(=O)O)C1=O. The van der Waals surface area contributed by atoms with Crippen LogP contribution in [0.5, 0.6) is 0 Å². The van der Waals surface area contributed by atoms with Crippen LogP contribution in [-0.4, -0.2) is 63.8 Å². The molecule has 0 aliphatic carbocycles. The third-order valence-corrected chi connectivity index (χ3v) is 2.50. The lowest BCUT2D eigenvalue weighted by Crippen LogP contribution is -2.46. The van der Waals surface area contributed by atoms with Crippen LogP contribution in [0, 0.1) is 0 Å². The van der Waals surface area contributed by atoms with E-state index < -0.39 is 42.3 Å². The van der Waals surface area contributed by atoms with Crippen molar-refractivity contribution in [2.24, 2.45) is 0 Å². The van der Waals surface area contributed by atoms with Crippen molar-refractivity contribution in [1.82, 2.24) is 15.1 Å². The standard InChI is InChI=1S/C11H13N3O6/c1-3-4-13-8(16)9(17)14(11(13)20)5-7(15)12-6(2)10(18)19/h3,6H,1,4-5H2,2H3,(H,12,15)(H,18,19). The van der Waals surface area contributed by atoms with Crippen molar-refractivity contribution in [3.63, 3.8) is 0 Å². The van der Waals surface area contributed by atoms with Gasteiger partial charge in [0.2, 0.25) is 5.91 Å². The average Bonchev–Trinajstić information content (AvgIpc) is 2.56. The number of aliphatic carboxylic acids is 1. The first-order valence-corrected chi connectivity index (χ1v) is 5.60. The minimum atomic E-state index is -1.26. The van der Waals surface area contributed by atoms with Gasteiger partial charge in [-0.15, -0.1) is 6.58 Å². The van der Waals surface area contributed by atoms with Gasteiger partial charge in [0.1, 0.15) is 12.6 Å². The molecule has 1 atom stereocenters. The monoisotopic (exact) mass is 283 g/mol. The van der Waals surface area contributed by atoms with Crippen molar-refractivity contribution in [2.75, 3.05) is 13.1 Å². The number of carbonyl (C=O) groups excluding carboxylic acids is 4. The van der Waals surface area contributed by atoms with Crippen molar-refractivity contribution in [2.45, 2.75) is 13.0 Å². The summed E-state index contributed by atoms with van der Waals surface area (Å²) in [7, 11) is 0. The van der Waals surface area contributed by atoms with E-state index in [2.05, 4.69) is 11.9 Å². The first kappa shape index (κ1) is 15.3. The van der Waals surface area contributed by atoms with Crippen LogP contribution in [0.3, 0.4) is 0 Å². The summed E-state index contributed by atoms with van der Waals surface area (Å²) >= 11 is 0. The predicted molar refractivity (Wildman–Crippen MR) is 64.3 cm³/mol. The van der Waals surface area contributed by atoms with E-state index in [1.165, 1.54) is 13.0 Å². The molecular formula is C11H13N3O6. The van der Waals surface area contributed by atoms with Crippen LogP contribution in [0.25, 0.3) is 0 Å². The average molecular weight is 283 g/mol. The molecule has 0 aromatic heterocycles. The van der Waals surface area contributed by atoms with Gasteiger partial charge in [0.15, 0.2) is 0 Å². The van der Waals surface area contributed by atoms with E-state index in [9.17, 15) is 24.0 Å². The Hall–Kier alpha value is -2.71. The van der Waals surface area contributed by atoms with Gasteiger partial charge in [0.25, 0.3) is 0 Å². The van der Waals surface area contributed by atoms with E-state index >= 15 is 0 Å². The van der Waals surface area contributed by atoms with Crippen molar-refractivity contribution in [1.29, 1.82) is 0 Å². The van der Waals surface area contributed by atoms with E-state index in [4.69, 9.17) is 5.11 Å². The molecule has 9 nitrogen and oxygen atoms in total. The number of hydrogen-bond donors (Lipinski definition) is 2. The van der Waals surface area contributed by atoms with E-state index in [-0.39, 0.29) is 6.54 Å². The molecule has 5 amide bonds. The Kier molecular flexibility index (Phi) is 4.57. The zero-order chi connectivity index (χ0) is 15.4. The maximum absolute atomic E-state index is 11.7. The number of urea groups is 1. The third kappa shape index (κ3) is 2.99. The normalized spacial score (nSPS) is 16.4. The predicted octanol–water partition coefficient (Wildman–Crippen LogP) is -1.45. The highest BCUT2D eigenvalue weighted by Crippen LogP contribution is 2.11. The molecule has 1 saturated heterocycles. The number of nitrogens with one attached hydrogen (secondary N) is 1.